The zero-order valence-corrected chi connectivity index (χ0v) is 13.0. The molecule has 0 aliphatic rings. The fourth-order valence-electron chi connectivity index (χ4n) is 1.52. The minimum atomic E-state index is -1.15. The minimum absolute atomic E-state index is 0.0241. The molecule has 3 unspecified atom stereocenters. The molecule has 2 amide bonds. The van der Waals surface area contributed by atoms with Crippen LogP contribution in [0.1, 0.15) is 20.3 Å². The Bertz CT molecular complexity index is 378. The molecule has 0 heterocycles. The van der Waals surface area contributed by atoms with Gasteiger partial charge in [-0.2, -0.15) is 12.6 Å². The molecule has 0 bridgehead atoms. The van der Waals surface area contributed by atoms with Crippen LogP contribution in [0.3, 0.4) is 0 Å². The summed E-state index contributed by atoms with van der Waals surface area (Å²) < 4.78 is 0. The first-order valence-corrected chi connectivity index (χ1v) is 7.17. The lowest BCUT2D eigenvalue weighted by Crippen LogP contribution is -2.55. The molecule has 0 aromatic heterocycles. The number of aliphatic hydroxyl groups excluding tert-OH is 1. The molecule has 0 radical (unpaired) electrons. The quantitative estimate of drug-likeness (QED) is 0.281. The lowest BCUT2D eigenvalue weighted by Gasteiger charge is -2.22. The molecule has 0 aromatic carbocycles. The summed E-state index contributed by atoms with van der Waals surface area (Å²) in [5.41, 5.74) is 5.32. The zero-order valence-electron chi connectivity index (χ0n) is 12.1. The summed E-state index contributed by atoms with van der Waals surface area (Å²) in [4.78, 5) is 34.6. The standard InChI is InChI=1S/C12H23N3O5S/c1-6(2)3-8(12(19)20)14-11(18)9(5-21)15-10(17)7(13)4-16/h6-9,16,21H,3-5,13H2,1-2H3,(H,14,18)(H,15,17)(H,19,20). The van der Waals surface area contributed by atoms with Crippen molar-refractivity contribution in [2.75, 3.05) is 12.4 Å². The average Bonchev–Trinajstić information content (AvgIpc) is 2.41. The highest BCUT2D eigenvalue weighted by atomic mass is 32.1. The van der Waals surface area contributed by atoms with Gasteiger partial charge in [0.05, 0.1) is 6.61 Å². The predicted molar refractivity (Wildman–Crippen MR) is 79.9 cm³/mol. The van der Waals surface area contributed by atoms with Gasteiger partial charge in [-0.15, -0.1) is 0 Å². The fraction of sp³-hybridized carbons (Fsp3) is 0.750. The van der Waals surface area contributed by atoms with E-state index >= 15 is 0 Å². The first-order chi connectivity index (χ1) is 9.72. The molecule has 0 fully saturated rings. The third-order valence-electron chi connectivity index (χ3n) is 2.67. The maximum Gasteiger partial charge on any atom is 0.326 e. The molecule has 0 aliphatic heterocycles. The van der Waals surface area contributed by atoms with E-state index in [9.17, 15) is 14.4 Å². The number of amides is 2. The fourth-order valence-corrected chi connectivity index (χ4v) is 1.78. The topological polar surface area (TPSA) is 142 Å². The number of rotatable bonds is 9. The number of nitrogens with one attached hydrogen (secondary N) is 2. The second-order valence-electron chi connectivity index (χ2n) is 5.06. The largest absolute Gasteiger partial charge is 0.480 e. The molecule has 9 heteroatoms. The van der Waals surface area contributed by atoms with Crippen LogP contribution < -0.4 is 16.4 Å². The Morgan fingerprint density at radius 2 is 1.67 bits per heavy atom. The minimum Gasteiger partial charge on any atom is -0.480 e. The molecule has 0 aromatic rings. The lowest BCUT2D eigenvalue weighted by molar-refractivity contribution is -0.142. The van der Waals surface area contributed by atoms with Crippen LogP contribution in [0.5, 0.6) is 0 Å². The SMILES string of the molecule is CC(C)CC(NC(=O)C(CS)NC(=O)C(N)CO)C(=O)O. The normalized spacial score (nSPS) is 15.1. The number of hydrogen-bond acceptors (Lipinski definition) is 6. The van der Waals surface area contributed by atoms with Gasteiger partial charge in [-0.1, -0.05) is 13.8 Å². The number of carboxylic acids is 1. The second-order valence-corrected chi connectivity index (χ2v) is 5.43. The summed E-state index contributed by atoms with van der Waals surface area (Å²) in [5.74, 6) is -2.45. The van der Waals surface area contributed by atoms with Gasteiger partial charge in [0.2, 0.25) is 11.8 Å². The van der Waals surface area contributed by atoms with Crippen molar-refractivity contribution in [2.45, 2.75) is 38.4 Å². The van der Waals surface area contributed by atoms with Crippen LogP contribution in [0.2, 0.25) is 0 Å². The summed E-state index contributed by atoms with van der Waals surface area (Å²) in [7, 11) is 0. The molecule has 0 rings (SSSR count). The van der Waals surface area contributed by atoms with Gasteiger partial charge in [-0.25, -0.2) is 4.79 Å². The first-order valence-electron chi connectivity index (χ1n) is 6.53. The molecule has 0 saturated carbocycles. The number of carbonyl (C=O) groups excluding carboxylic acids is 2. The van der Waals surface area contributed by atoms with Crippen molar-refractivity contribution in [1.82, 2.24) is 10.6 Å². The molecule has 122 valence electrons. The molecular weight excluding hydrogens is 298 g/mol. The van der Waals surface area contributed by atoms with Gasteiger partial charge >= 0.3 is 5.97 Å². The van der Waals surface area contributed by atoms with E-state index in [1.165, 1.54) is 0 Å². The van der Waals surface area contributed by atoms with E-state index < -0.39 is 42.5 Å². The highest BCUT2D eigenvalue weighted by Crippen LogP contribution is 2.05. The van der Waals surface area contributed by atoms with Crippen molar-refractivity contribution in [1.29, 1.82) is 0 Å². The van der Waals surface area contributed by atoms with Crippen LogP contribution in [0, 0.1) is 5.92 Å². The molecular formula is C12H23N3O5S. The van der Waals surface area contributed by atoms with E-state index in [1.54, 1.807) is 0 Å². The van der Waals surface area contributed by atoms with Crippen LogP contribution in [-0.2, 0) is 14.4 Å². The number of nitrogens with two attached hydrogens (primary N) is 1. The van der Waals surface area contributed by atoms with Gasteiger partial charge in [-0.3, -0.25) is 9.59 Å². The van der Waals surface area contributed by atoms with Gasteiger partial charge in [0.25, 0.3) is 0 Å². The Morgan fingerprint density at radius 1 is 1.14 bits per heavy atom. The van der Waals surface area contributed by atoms with E-state index in [0.29, 0.717) is 0 Å². The van der Waals surface area contributed by atoms with E-state index in [2.05, 4.69) is 23.3 Å². The Morgan fingerprint density at radius 3 is 2.05 bits per heavy atom. The molecule has 0 saturated heterocycles. The number of aliphatic hydroxyl groups is 1. The number of aliphatic carboxylic acids is 1. The summed E-state index contributed by atoms with van der Waals surface area (Å²) >= 11 is 3.95. The van der Waals surface area contributed by atoms with Crippen molar-refractivity contribution in [3.63, 3.8) is 0 Å². The lowest BCUT2D eigenvalue weighted by atomic mass is 10.0. The Hall–Kier alpha value is -1.32. The summed E-state index contributed by atoms with van der Waals surface area (Å²) in [6.07, 6.45) is 0.268. The van der Waals surface area contributed by atoms with Gasteiger partial charge in [0, 0.05) is 5.75 Å². The van der Waals surface area contributed by atoms with Crippen molar-refractivity contribution in [3.05, 3.63) is 0 Å². The third-order valence-corrected chi connectivity index (χ3v) is 3.04. The molecule has 8 nitrogen and oxygen atoms in total. The van der Waals surface area contributed by atoms with Gasteiger partial charge in [0.1, 0.15) is 18.1 Å². The molecule has 0 aliphatic carbocycles. The Kier molecular flexibility index (Phi) is 8.98. The molecule has 21 heavy (non-hydrogen) atoms. The maximum absolute atomic E-state index is 12.0. The molecule has 6 N–H and O–H groups in total. The molecule has 0 spiro atoms. The summed E-state index contributed by atoms with van der Waals surface area (Å²) in [6, 6.07) is -3.21. The Balaban J connectivity index is 4.69. The summed E-state index contributed by atoms with van der Waals surface area (Å²) in [6.45, 7) is 3.11. The highest BCUT2D eigenvalue weighted by Gasteiger charge is 2.27. The smallest absolute Gasteiger partial charge is 0.326 e. The highest BCUT2D eigenvalue weighted by molar-refractivity contribution is 7.80. The number of thiol groups is 1. The average molecular weight is 321 g/mol. The van der Waals surface area contributed by atoms with E-state index in [-0.39, 0.29) is 18.1 Å². The predicted octanol–water partition coefficient (Wildman–Crippen LogP) is -1.66. The van der Waals surface area contributed by atoms with Crippen LogP contribution >= 0.6 is 12.6 Å². The van der Waals surface area contributed by atoms with Crippen molar-refractivity contribution >= 4 is 30.4 Å². The summed E-state index contributed by atoms with van der Waals surface area (Å²) in [5, 5.41) is 22.5. The monoisotopic (exact) mass is 321 g/mol. The molecule has 3 atom stereocenters. The van der Waals surface area contributed by atoms with Crippen LogP contribution in [-0.4, -0.2) is 58.5 Å². The van der Waals surface area contributed by atoms with Crippen LogP contribution in [0.25, 0.3) is 0 Å². The number of hydrogen-bond donors (Lipinski definition) is 6. The van der Waals surface area contributed by atoms with Gasteiger partial charge < -0.3 is 26.6 Å². The van der Waals surface area contributed by atoms with E-state index in [4.69, 9.17) is 15.9 Å². The van der Waals surface area contributed by atoms with E-state index in [1.807, 2.05) is 13.8 Å². The van der Waals surface area contributed by atoms with E-state index in [0.717, 1.165) is 0 Å². The van der Waals surface area contributed by atoms with Crippen LogP contribution in [0.15, 0.2) is 0 Å². The van der Waals surface area contributed by atoms with Crippen molar-refractivity contribution in [2.24, 2.45) is 11.7 Å². The van der Waals surface area contributed by atoms with Crippen molar-refractivity contribution < 1.29 is 24.6 Å². The van der Waals surface area contributed by atoms with Gasteiger partial charge in [0.15, 0.2) is 0 Å². The zero-order chi connectivity index (χ0) is 16.6. The second kappa shape index (κ2) is 9.59. The third kappa shape index (κ3) is 7.30. The van der Waals surface area contributed by atoms with Crippen molar-refractivity contribution in [3.8, 4) is 0 Å². The van der Waals surface area contributed by atoms with Gasteiger partial charge in [-0.05, 0) is 12.3 Å². The van der Waals surface area contributed by atoms with Crippen LogP contribution in [0.4, 0.5) is 0 Å². The number of carbonyl (C=O) groups is 3. The number of carboxylic acid groups (broad SMARTS) is 1. The maximum atomic E-state index is 12.0. The first kappa shape index (κ1) is 19.7. The Labute approximate surface area is 128 Å².